The van der Waals surface area contributed by atoms with Crippen molar-refractivity contribution in [2.24, 2.45) is 0 Å². The maximum atomic E-state index is 11.9. The van der Waals surface area contributed by atoms with E-state index in [0.29, 0.717) is 11.5 Å². The molecule has 0 bridgehead atoms. The van der Waals surface area contributed by atoms with Crippen molar-refractivity contribution in [1.82, 2.24) is 24.8 Å². The maximum absolute atomic E-state index is 11.9. The number of hydrogen-bond acceptors (Lipinski definition) is 7. The third-order valence-electron chi connectivity index (χ3n) is 4.28. The minimum absolute atomic E-state index is 0.0785. The lowest BCUT2D eigenvalue weighted by Gasteiger charge is -2.30. The van der Waals surface area contributed by atoms with Gasteiger partial charge >= 0.3 is 12.2 Å². The highest BCUT2D eigenvalue weighted by molar-refractivity contribution is 5.82. The fourth-order valence-electron chi connectivity index (χ4n) is 3.06. The van der Waals surface area contributed by atoms with E-state index in [0.717, 1.165) is 30.3 Å². The number of imidazole rings is 1. The molecule has 2 aromatic heterocycles. The zero-order chi connectivity index (χ0) is 19.6. The zero-order valence-electron chi connectivity index (χ0n) is 15.6. The van der Waals surface area contributed by atoms with E-state index in [1.165, 1.54) is 12.5 Å². The van der Waals surface area contributed by atoms with Crippen LogP contribution in [0.15, 0.2) is 12.5 Å². The molecule has 1 aliphatic rings. The molecule has 0 saturated heterocycles. The summed E-state index contributed by atoms with van der Waals surface area (Å²) in [4.78, 5) is 35.5. The lowest BCUT2D eigenvalue weighted by Crippen LogP contribution is -2.42. The van der Waals surface area contributed by atoms with Gasteiger partial charge in [-0.15, -0.1) is 0 Å². The first-order valence-electron chi connectivity index (χ1n) is 8.91. The van der Waals surface area contributed by atoms with Gasteiger partial charge in [0.05, 0.1) is 6.20 Å². The highest BCUT2D eigenvalue weighted by atomic mass is 16.6. The monoisotopic (exact) mass is 376 g/mol. The van der Waals surface area contributed by atoms with E-state index in [9.17, 15) is 9.59 Å². The Labute approximate surface area is 156 Å². The van der Waals surface area contributed by atoms with Gasteiger partial charge in [0.2, 0.25) is 5.95 Å². The predicted octanol–water partition coefficient (Wildman–Crippen LogP) is 2.60. The fraction of sp³-hybridized carbons (Fsp3) is 0.588. The van der Waals surface area contributed by atoms with Gasteiger partial charge in [-0.1, -0.05) is 0 Å². The van der Waals surface area contributed by atoms with Crippen LogP contribution in [-0.4, -0.2) is 54.5 Å². The summed E-state index contributed by atoms with van der Waals surface area (Å²) in [6.45, 7) is 5.50. The van der Waals surface area contributed by atoms with Crippen molar-refractivity contribution in [2.45, 2.75) is 64.1 Å². The standard InChI is InChI=1S/C17H24N6O4/c1-17(2,3)27-15(24)21-11-6-4-10(5-7-11)20-14-18-8-12-13(22-14)23(9-19-12)16(25)26/h8-11H,4-7H2,1-3H3,(H,21,24)(H,25,26)(H,18,20,22). The molecule has 0 radical (unpaired) electrons. The number of aromatic nitrogens is 4. The normalized spacial score (nSPS) is 20.3. The third kappa shape index (κ3) is 4.83. The third-order valence-corrected chi connectivity index (χ3v) is 4.28. The first-order chi connectivity index (χ1) is 12.7. The number of amides is 1. The minimum Gasteiger partial charge on any atom is -0.464 e. The molecule has 1 amide bonds. The molecule has 0 unspecified atom stereocenters. The lowest BCUT2D eigenvalue weighted by atomic mass is 9.91. The highest BCUT2D eigenvalue weighted by Gasteiger charge is 2.25. The van der Waals surface area contributed by atoms with E-state index >= 15 is 0 Å². The van der Waals surface area contributed by atoms with Crippen LogP contribution in [0.1, 0.15) is 46.5 Å². The van der Waals surface area contributed by atoms with Gasteiger partial charge < -0.3 is 20.5 Å². The van der Waals surface area contributed by atoms with Gasteiger partial charge in [-0.2, -0.15) is 4.98 Å². The Morgan fingerprint density at radius 3 is 2.48 bits per heavy atom. The van der Waals surface area contributed by atoms with Crippen molar-refractivity contribution in [3.63, 3.8) is 0 Å². The molecule has 10 heteroatoms. The molecule has 10 nitrogen and oxygen atoms in total. The van der Waals surface area contributed by atoms with E-state index in [1.807, 2.05) is 20.8 Å². The Morgan fingerprint density at radius 2 is 1.85 bits per heavy atom. The van der Waals surface area contributed by atoms with Crippen molar-refractivity contribution >= 4 is 29.3 Å². The van der Waals surface area contributed by atoms with Gasteiger partial charge in [0.1, 0.15) is 17.4 Å². The molecule has 1 saturated carbocycles. The number of fused-ring (bicyclic) bond motifs is 1. The zero-order valence-corrected chi connectivity index (χ0v) is 15.6. The molecule has 1 aliphatic carbocycles. The van der Waals surface area contributed by atoms with Crippen LogP contribution in [0, 0.1) is 0 Å². The largest absolute Gasteiger partial charge is 0.464 e. The fourth-order valence-corrected chi connectivity index (χ4v) is 3.06. The molecular weight excluding hydrogens is 352 g/mol. The molecule has 0 atom stereocenters. The average Bonchev–Trinajstić information content (AvgIpc) is 2.98. The topological polar surface area (TPSA) is 131 Å². The number of nitrogens with zero attached hydrogens (tertiary/aromatic N) is 4. The molecule has 1 fully saturated rings. The summed E-state index contributed by atoms with van der Waals surface area (Å²) in [5, 5.41) is 15.3. The Balaban J connectivity index is 1.55. The molecule has 2 aromatic rings. The SMILES string of the molecule is CC(C)(C)OC(=O)NC1CCC(Nc2ncc3ncn(C(=O)O)c3n2)CC1. The van der Waals surface area contributed by atoms with Gasteiger partial charge in [-0.3, -0.25) is 0 Å². The number of alkyl carbamates (subject to hydrolysis) is 1. The summed E-state index contributed by atoms with van der Waals surface area (Å²) >= 11 is 0. The quantitative estimate of drug-likeness (QED) is 0.745. The average molecular weight is 376 g/mol. The van der Waals surface area contributed by atoms with Gasteiger partial charge in [-0.25, -0.2) is 24.1 Å². The van der Waals surface area contributed by atoms with Gasteiger partial charge in [0.25, 0.3) is 0 Å². The molecule has 3 rings (SSSR count). The van der Waals surface area contributed by atoms with Crippen molar-refractivity contribution in [1.29, 1.82) is 0 Å². The second kappa shape index (κ2) is 7.37. The number of nitrogens with one attached hydrogen (secondary N) is 2. The second-order valence-corrected chi connectivity index (χ2v) is 7.64. The van der Waals surface area contributed by atoms with Gasteiger partial charge in [-0.05, 0) is 46.5 Å². The summed E-state index contributed by atoms with van der Waals surface area (Å²) in [6, 6.07) is 0.232. The van der Waals surface area contributed by atoms with Crippen molar-refractivity contribution in [2.75, 3.05) is 5.32 Å². The molecule has 3 N–H and O–H groups in total. The van der Waals surface area contributed by atoms with E-state index in [2.05, 4.69) is 25.6 Å². The van der Waals surface area contributed by atoms with Gasteiger partial charge in [0.15, 0.2) is 5.65 Å². The molecule has 0 aromatic carbocycles. The summed E-state index contributed by atoms with van der Waals surface area (Å²) in [5.41, 5.74) is 0.162. The van der Waals surface area contributed by atoms with Crippen LogP contribution in [0.2, 0.25) is 0 Å². The van der Waals surface area contributed by atoms with Crippen LogP contribution < -0.4 is 10.6 Å². The van der Waals surface area contributed by atoms with E-state index < -0.39 is 17.8 Å². The van der Waals surface area contributed by atoms with E-state index in [1.54, 1.807) is 0 Å². The molecule has 27 heavy (non-hydrogen) atoms. The first kappa shape index (κ1) is 18.9. The lowest BCUT2D eigenvalue weighted by molar-refractivity contribution is 0.0492. The van der Waals surface area contributed by atoms with Crippen LogP contribution in [0.25, 0.3) is 11.2 Å². The van der Waals surface area contributed by atoms with E-state index in [-0.39, 0.29) is 17.7 Å². The molecule has 2 heterocycles. The number of anilines is 1. The van der Waals surface area contributed by atoms with Crippen LogP contribution in [0.3, 0.4) is 0 Å². The van der Waals surface area contributed by atoms with Crippen molar-refractivity contribution in [3.05, 3.63) is 12.5 Å². The molecular formula is C17H24N6O4. The highest BCUT2D eigenvalue weighted by Crippen LogP contribution is 2.22. The van der Waals surface area contributed by atoms with Crippen LogP contribution in [-0.2, 0) is 4.74 Å². The van der Waals surface area contributed by atoms with E-state index in [4.69, 9.17) is 9.84 Å². The Kier molecular flexibility index (Phi) is 5.15. The number of hydrogen-bond donors (Lipinski definition) is 3. The molecule has 146 valence electrons. The molecule has 0 spiro atoms. The summed E-state index contributed by atoms with van der Waals surface area (Å²) in [7, 11) is 0. The Morgan fingerprint density at radius 1 is 1.19 bits per heavy atom. The smallest absolute Gasteiger partial charge is 0.418 e. The van der Waals surface area contributed by atoms with Crippen molar-refractivity contribution in [3.8, 4) is 0 Å². The first-order valence-corrected chi connectivity index (χ1v) is 8.91. The maximum Gasteiger partial charge on any atom is 0.418 e. The number of carbonyl (C=O) groups excluding carboxylic acids is 1. The minimum atomic E-state index is -1.14. The number of ether oxygens (including phenoxy) is 1. The number of carbonyl (C=O) groups is 2. The van der Waals surface area contributed by atoms with Crippen LogP contribution in [0.4, 0.5) is 15.5 Å². The second-order valence-electron chi connectivity index (χ2n) is 7.64. The summed E-state index contributed by atoms with van der Waals surface area (Å²) < 4.78 is 6.25. The molecule has 0 aliphatic heterocycles. The Bertz CT molecular complexity index is 836. The van der Waals surface area contributed by atoms with Crippen LogP contribution in [0.5, 0.6) is 0 Å². The van der Waals surface area contributed by atoms with Gasteiger partial charge in [0, 0.05) is 12.1 Å². The summed E-state index contributed by atoms with van der Waals surface area (Å²) in [6.07, 6.45) is 4.46. The number of rotatable bonds is 3. The summed E-state index contributed by atoms with van der Waals surface area (Å²) in [5.74, 6) is 0.369. The Hall–Kier alpha value is -2.91. The predicted molar refractivity (Wildman–Crippen MR) is 97.8 cm³/mol. The van der Waals surface area contributed by atoms with Crippen molar-refractivity contribution < 1.29 is 19.4 Å². The van der Waals surface area contributed by atoms with Crippen LogP contribution >= 0.6 is 0 Å². The number of carboxylic acid groups (broad SMARTS) is 1.